The molecule has 3 aromatic carbocycles. The summed E-state index contributed by atoms with van der Waals surface area (Å²) < 4.78 is 31.7. The fourth-order valence-corrected chi connectivity index (χ4v) is 2.99. The van der Waals surface area contributed by atoms with Crippen molar-refractivity contribution >= 4 is 16.7 Å². The molecule has 0 saturated carbocycles. The van der Waals surface area contributed by atoms with Crippen LogP contribution in [0.3, 0.4) is 0 Å². The molecule has 1 amide bonds. The summed E-state index contributed by atoms with van der Waals surface area (Å²) in [6.07, 6.45) is 0. The van der Waals surface area contributed by atoms with Gasteiger partial charge in [-0.3, -0.25) is 4.79 Å². The van der Waals surface area contributed by atoms with Crippen molar-refractivity contribution in [2.24, 2.45) is 0 Å². The van der Waals surface area contributed by atoms with Gasteiger partial charge >= 0.3 is 0 Å². The monoisotopic (exact) mass is 369 g/mol. The van der Waals surface area contributed by atoms with Gasteiger partial charge < -0.3 is 10.1 Å². The van der Waals surface area contributed by atoms with Gasteiger partial charge in [0.25, 0.3) is 0 Å². The maximum Gasteiger partial charge on any atom is 0.227 e. The fraction of sp³-hybridized carbons (Fsp3) is 0.227. The van der Waals surface area contributed by atoms with Gasteiger partial charge in [-0.2, -0.15) is 0 Å². The molecule has 0 aliphatic heterocycles. The predicted octanol–water partition coefficient (Wildman–Crippen LogP) is 5.11. The van der Waals surface area contributed by atoms with Crippen molar-refractivity contribution in [2.75, 3.05) is 7.11 Å². The summed E-state index contributed by atoms with van der Waals surface area (Å²) in [7, 11) is 1.62. The number of ether oxygens (including phenoxy) is 1. The number of rotatable bonds is 5. The van der Waals surface area contributed by atoms with Crippen molar-refractivity contribution < 1.29 is 18.3 Å². The van der Waals surface area contributed by atoms with E-state index in [0.29, 0.717) is 5.56 Å². The highest BCUT2D eigenvalue weighted by molar-refractivity contribution is 5.88. The smallest absolute Gasteiger partial charge is 0.227 e. The standard InChI is InChI=1S/C22H21F2NO2/c1-13(15-4-5-18-11-19(27-3)8-6-17(18)10-15)22(26)25-14(2)16-7-9-20(23)21(24)12-16/h4-14H,1-3H3,(H,25,26)/t13-,14-/m1/s1. The third kappa shape index (κ3) is 4.08. The molecule has 3 rings (SSSR count). The Morgan fingerprint density at radius 3 is 2.26 bits per heavy atom. The molecule has 140 valence electrons. The zero-order valence-electron chi connectivity index (χ0n) is 15.4. The van der Waals surface area contributed by atoms with Crippen LogP contribution in [0, 0.1) is 11.6 Å². The van der Waals surface area contributed by atoms with Crippen LogP contribution in [0.4, 0.5) is 8.78 Å². The molecule has 0 aliphatic rings. The van der Waals surface area contributed by atoms with Crippen LogP contribution in [0.2, 0.25) is 0 Å². The third-order valence-electron chi connectivity index (χ3n) is 4.77. The minimum Gasteiger partial charge on any atom is -0.497 e. The number of nitrogens with one attached hydrogen (secondary N) is 1. The van der Waals surface area contributed by atoms with E-state index < -0.39 is 17.7 Å². The number of halogens is 2. The molecule has 0 unspecified atom stereocenters. The summed E-state index contributed by atoms with van der Waals surface area (Å²) >= 11 is 0. The molecular weight excluding hydrogens is 348 g/mol. The number of amides is 1. The van der Waals surface area contributed by atoms with Gasteiger partial charge in [0.05, 0.1) is 19.1 Å². The molecule has 0 heterocycles. The fourth-order valence-electron chi connectivity index (χ4n) is 2.99. The lowest BCUT2D eigenvalue weighted by molar-refractivity contribution is -0.122. The van der Waals surface area contributed by atoms with E-state index in [1.165, 1.54) is 6.07 Å². The molecule has 27 heavy (non-hydrogen) atoms. The second kappa shape index (κ2) is 7.74. The Morgan fingerprint density at radius 2 is 1.56 bits per heavy atom. The molecule has 0 aromatic heterocycles. The summed E-state index contributed by atoms with van der Waals surface area (Å²) in [5.41, 5.74) is 1.39. The Hall–Kier alpha value is -2.95. The van der Waals surface area contributed by atoms with Crippen LogP contribution < -0.4 is 10.1 Å². The Balaban J connectivity index is 1.76. The number of carbonyl (C=O) groups excluding carboxylic acids is 1. The molecule has 1 N–H and O–H groups in total. The highest BCUT2D eigenvalue weighted by Crippen LogP contribution is 2.26. The lowest BCUT2D eigenvalue weighted by atomic mass is 9.96. The van der Waals surface area contributed by atoms with Crippen LogP contribution >= 0.6 is 0 Å². The molecule has 0 spiro atoms. The van der Waals surface area contributed by atoms with Crippen molar-refractivity contribution in [3.05, 3.63) is 77.4 Å². The third-order valence-corrected chi connectivity index (χ3v) is 4.77. The van der Waals surface area contributed by atoms with E-state index in [1.807, 2.05) is 43.3 Å². The summed E-state index contributed by atoms with van der Waals surface area (Å²) in [5.74, 6) is -1.62. The van der Waals surface area contributed by atoms with Crippen molar-refractivity contribution in [2.45, 2.75) is 25.8 Å². The highest BCUT2D eigenvalue weighted by atomic mass is 19.2. The largest absolute Gasteiger partial charge is 0.497 e. The number of methoxy groups -OCH3 is 1. The molecule has 0 fully saturated rings. The number of hydrogen-bond donors (Lipinski definition) is 1. The number of fused-ring (bicyclic) bond motifs is 1. The van der Waals surface area contributed by atoms with Gasteiger partial charge in [0.2, 0.25) is 5.91 Å². The normalized spacial score (nSPS) is 13.2. The van der Waals surface area contributed by atoms with Crippen molar-refractivity contribution in [1.29, 1.82) is 0 Å². The predicted molar refractivity (Wildman–Crippen MR) is 102 cm³/mol. The average Bonchev–Trinajstić information content (AvgIpc) is 2.68. The minimum atomic E-state index is -0.924. The molecule has 0 saturated heterocycles. The zero-order chi connectivity index (χ0) is 19.6. The van der Waals surface area contributed by atoms with Crippen molar-refractivity contribution in [3.63, 3.8) is 0 Å². The average molecular weight is 369 g/mol. The van der Waals surface area contributed by atoms with Crippen molar-refractivity contribution in [1.82, 2.24) is 5.32 Å². The topological polar surface area (TPSA) is 38.3 Å². The Labute approximate surface area is 157 Å². The van der Waals surface area contributed by atoms with Crippen LogP contribution in [0.1, 0.15) is 36.9 Å². The van der Waals surface area contributed by atoms with Crippen LogP contribution in [0.5, 0.6) is 5.75 Å². The van der Waals surface area contributed by atoms with E-state index in [9.17, 15) is 13.6 Å². The first-order valence-electron chi connectivity index (χ1n) is 8.72. The lowest BCUT2D eigenvalue weighted by Gasteiger charge is -2.19. The maximum atomic E-state index is 13.4. The van der Waals surface area contributed by atoms with E-state index in [1.54, 1.807) is 14.0 Å². The van der Waals surface area contributed by atoms with E-state index in [2.05, 4.69) is 5.32 Å². The first-order chi connectivity index (χ1) is 12.9. The second-order valence-electron chi connectivity index (χ2n) is 6.60. The summed E-state index contributed by atoms with van der Waals surface area (Å²) in [6.45, 7) is 3.56. The molecule has 3 aromatic rings. The number of hydrogen-bond acceptors (Lipinski definition) is 2. The van der Waals surface area contributed by atoms with Gasteiger partial charge in [0.15, 0.2) is 11.6 Å². The van der Waals surface area contributed by atoms with E-state index >= 15 is 0 Å². The number of carbonyl (C=O) groups is 1. The SMILES string of the molecule is COc1ccc2cc([C@@H](C)C(=O)N[C@H](C)c3ccc(F)c(F)c3)ccc2c1. The quantitative estimate of drug-likeness (QED) is 0.679. The van der Waals surface area contributed by atoms with E-state index in [4.69, 9.17) is 4.74 Å². The summed E-state index contributed by atoms with van der Waals surface area (Å²) in [4.78, 5) is 12.6. The number of benzene rings is 3. The molecule has 0 aliphatic carbocycles. The summed E-state index contributed by atoms with van der Waals surface area (Å²) in [5, 5.41) is 4.90. The van der Waals surface area contributed by atoms with Crippen LogP contribution in [0.25, 0.3) is 10.8 Å². The minimum absolute atomic E-state index is 0.180. The van der Waals surface area contributed by atoms with Crippen molar-refractivity contribution in [3.8, 4) is 5.75 Å². The zero-order valence-corrected chi connectivity index (χ0v) is 15.4. The van der Waals surface area contributed by atoms with Crippen LogP contribution in [0.15, 0.2) is 54.6 Å². The molecule has 0 bridgehead atoms. The van der Waals surface area contributed by atoms with Gasteiger partial charge in [-0.25, -0.2) is 8.78 Å². The Morgan fingerprint density at radius 1 is 0.889 bits per heavy atom. The van der Waals surface area contributed by atoms with Crippen LogP contribution in [-0.4, -0.2) is 13.0 Å². The van der Waals surface area contributed by atoms with Gasteiger partial charge in [0, 0.05) is 0 Å². The molecule has 2 atom stereocenters. The first kappa shape index (κ1) is 18.8. The van der Waals surface area contributed by atoms with E-state index in [-0.39, 0.29) is 11.8 Å². The molecular formula is C22H21F2NO2. The van der Waals surface area contributed by atoms with Crippen LogP contribution in [-0.2, 0) is 4.79 Å². The van der Waals surface area contributed by atoms with Gasteiger partial charge in [-0.15, -0.1) is 0 Å². The molecule has 0 radical (unpaired) electrons. The lowest BCUT2D eigenvalue weighted by Crippen LogP contribution is -2.30. The first-order valence-corrected chi connectivity index (χ1v) is 8.72. The van der Waals surface area contributed by atoms with Gasteiger partial charge in [-0.1, -0.05) is 30.3 Å². The second-order valence-corrected chi connectivity index (χ2v) is 6.60. The highest BCUT2D eigenvalue weighted by Gasteiger charge is 2.19. The van der Waals surface area contributed by atoms with E-state index in [0.717, 1.165) is 34.2 Å². The summed E-state index contributed by atoms with van der Waals surface area (Å²) in [6, 6.07) is 14.8. The Kier molecular flexibility index (Phi) is 5.40. The van der Waals surface area contributed by atoms with Gasteiger partial charge in [0.1, 0.15) is 5.75 Å². The molecule has 5 heteroatoms. The maximum absolute atomic E-state index is 13.4. The Bertz CT molecular complexity index is 987. The molecule has 3 nitrogen and oxygen atoms in total. The van der Waals surface area contributed by atoms with Gasteiger partial charge in [-0.05, 0) is 60.0 Å².